The summed E-state index contributed by atoms with van der Waals surface area (Å²) < 4.78 is 79.0. The third-order valence-electron chi connectivity index (χ3n) is 5.05. The number of alkyl halides is 3. The van der Waals surface area contributed by atoms with Gasteiger partial charge in [-0.3, -0.25) is 4.79 Å². The maximum absolute atomic E-state index is 13.4. The highest BCUT2D eigenvalue weighted by Gasteiger charge is 2.35. The highest BCUT2D eigenvalue weighted by Crippen LogP contribution is 2.35. The highest BCUT2D eigenvalue weighted by atomic mass is 32.2. The van der Waals surface area contributed by atoms with Crippen LogP contribution in [0.25, 0.3) is 0 Å². The number of nitrogens with one attached hydrogen (secondary N) is 2. The van der Waals surface area contributed by atoms with Crippen molar-refractivity contribution in [3.05, 3.63) is 83.9 Å². The number of rotatable bonds is 9. The topological polar surface area (TPSA) is 93.7 Å². The molecule has 0 radical (unpaired) electrons. The van der Waals surface area contributed by atoms with Gasteiger partial charge >= 0.3 is 6.18 Å². The first-order valence-electron chi connectivity index (χ1n) is 10.3. The second kappa shape index (κ2) is 10.8. The fourth-order valence-electron chi connectivity index (χ4n) is 3.34. The van der Waals surface area contributed by atoms with Crippen LogP contribution in [0.4, 0.5) is 18.9 Å². The quantitative estimate of drug-likeness (QED) is 0.451. The number of methoxy groups -OCH3 is 2. The van der Waals surface area contributed by atoms with Crippen molar-refractivity contribution in [2.45, 2.75) is 23.5 Å². The van der Waals surface area contributed by atoms with E-state index in [-0.39, 0.29) is 17.1 Å². The van der Waals surface area contributed by atoms with Crippen LogP contribution in [0.15, 0.2) is 77.7 Å². The molecule has 3 rings (SSSR count). The van der Waals surface area contributed by atoms with E-state index in [9.17, 15) is 26.4 Å². The molecule has 186 valence electrons. The van der Waals surface area contributed by atoms with Gasteiger partial charge in [-0.25, -0.2) is 8.42 Å². The summed E-state index contributed by atoms with van der Waals surface area (Å²) in [5.74, 6) is -0.498. The summed E-state index contributed by atoms with van der Waals surface area (Å²) >= 11 is 0. The number of hydrogen-bond donors (Lipinski definition) is 2. The van der Waals surface area contributed by atoms with Crippen molar-refractivity contribution in [3.63, 3.8) is 0 Å². The van der Waals surface area contributed by atoms with Crippen LogP contribution in [0.2, 0.25) is 0 Å². The summed E-state index contributed by atoms with van der Waals surface area (Å²) in [5.41, 5.74) is -0.922. The zero-order valence-electron chi connectivity index (χ0n) is 18.8. The number of hydrogen-bond acceptors (Lipinski definition) is 5. The lowest BCUT2D eigenvalue weighted by atomic mass is 10.1. The zero-order chi connectivity index (χ0) is 25.6. The molecule has 1 atom stereocenters. The third-order valence-corrected chi connectivity index (χ3v) is 6.52. The first kappa shape index (κ1) is 26.0. The molecule has 3 aromatic carbocycles. The second-order valence-electron chi connectivity index (χ2n) is 7.41. The van der Waals surface area contributed by atoms with Crippen molar-refractivity contribution in [2.75, 3.05) is 19.5 Å². The molecular weight excluding hydrogens is 485 g/mol. The number of ether oxygens (including phenoxy) is 2. The van der Waals surface area contributed by atoms with E-state index in [1.165, 1.54) is 44.6 Å². The van der Waals surface area contributed by atoms with Crippen molar-refractivity contribution in [1.82, 2.24) is 4.72 Å². The predicted molar refractivity (Wildman–Crippen MR) is 124 cm³/mol. The Bertz CT molecular complexity index is 1280. The van der Waals surface area contributed by atoms with Gasteiger partial charge in [0.2, 0.25) is 15.9 Å². The van der Waals surface area contributed by atoms with E-state index in [1.54, 1.807) is 30.3 Å². The van der Waals surface area contributed by atoms with Crippen LogP contribution < -0.4 is 19.5 Å². The molecule has 0 unspecified atom stereocenters. The average molecular weight is 509 g/mol. The number of halogens is 3. The minimum absolute atomic E-state index is 0.104. The fraction of sp³-hybridized carbons (Fsp3) is 0.208. The minimum atomic E-state index is -4.71. The van der Waals surface area contributed by atoms with E-state index in [1.807, 2.05) is 0 Å². The van der Waals surface area contributed by atoms with Gasteiger partial charge in [-0.1, -0.05) is 42.5 Å². The molecule has 11 heteroatoms. The lowest BCUT2D eigenvalue weighted by molar-refractivity contribution is -0.137. The summed E-state index contributed by atoms with van der Waals surface area (Å²) in [6.07, 6.45) is -4.81. The van der Waals surface area contributed by atoms with E-state index in [2.05, 4.69) is 10.0 Å². The van der Waals surface area contributed by atoms with Crippen LogP contribution in [0.3, 0.4) is 0 Å². The van der Waals surface area contributed by atoms with Crippen LogP contribution >= 0.6 is 0 Å². The SMILES string of the molecule is COc1ccc(S(=O)(=O)N[C@@H](Cc2ccccc2)C(=O)Nc2ccccc2C(F)(F)F)cc1OC. The van der Waals surface area contributed by atoms with Gasteiger partial charge in [0.15, 0.2) is 11.5 Å². The number of para-hydroxylation sites is 1. The molecule has 0 aliphatic heterocycles. The molecule has 0 heterocycles. The lowest BCUT2D eigenvalue weighted by Crippen LogP contribution is -2.45. The van der Waals surface area contributed by atoms with Crippen LogP contribution in [0.5, 0.6) is 11.5 Å². The first-order chi connectivity index (χ1) is 16.5. The maximum Gasteiger partial charge on any atom is 0.418 e. The number of carbonyl (C=O) groups excluding carboxylic acids is 1. The predicted octanol–water partition coefficient (Wildman–Crippen LogP) is 4.25. The van der Waals surface area contributed by atoms with Gasteiger partial charge in [0.05, 0.1) is 30.4 Å². The van der Waals surface area contributed by atoms with Gasteiger partial charge in [0.25, 0.3) is 0 Å². The molecule has 0 aromatic heterocycles. The highest BCUT2D eigenvalue weighted by molar-refractivity contribution is 7.89. The number of anilines is 1. The van der Waals surface area contributed by atoms with Gasteiger partial charge in [0, 0.05) is 6.07 Å². The molecule has 7 nitrogen and oxygen atoms in total. The summed E-state index contributed by atoms with van der Waals surface area (Å²) in [4.78, 5) is 12.9. The molecule has 0 saturated heterocycles. The van der Waals surface area contributed by atoms with Gasteiger partial charge in [-0.2, -0.15) is 17.9 Å². The van der Waals surface area contributed by atoms with Crippen LogP contribution in [-0.4, -0.2) is 34.6 Å². The Morgan fingerprint density at radius 3 is 2.17 bits per heavy atom. The van der Waals surface area contributed by atoms with Crippen molar-refractivity contribution in [1.29, 1.82) is 0 Å². The van der Waals surface area contributed by atoms with Crippen molar-refractivity contribution < 1.29 is 35.9 Å². The number of sulfonamides is 1. The molecule has 0 aliphatic carbocycles. The molecule has 0 spiro atoms. The Balaban J connectivity index is 1.94. The standard InChI is InChI=1S/C24H23F3N2O5S/c1-33-21-13-12-17(15-22(21)34-2)35(31,32)29-20(14-16-8-4-3-5-9-16)23(30)28-19-11-7-6-10-18(19)24(25,26)27/h3-13,15,20,29H,14H2,1-2H3,(H,28,30)/t20-/m0/s1. The van der Waals surface area contributed by atoms with Gasteiger partial charge < -0.3 is 14.8 Å². The Morgan fingerprint density at radius 2 is 1.54 bits per heavy atom. The zero-order valence-corrected chi connectivity index (χ0v) is 19.6. The van der Waals surface area contributed by atoms with E-state index < -0.39 is 39.4 Å². The molecule has 35 heavy (non-hydrogen) atoms. The minimum Gasteiger partial charge on any atom is -0.493 e. The smallest absolute Gasteiger partial charge is 0.418 e. The van der Waals surface area contributed by atoms with Crippen molar-refractivity contribution in [2.24, 2.45) is 0 Å². The second-order valence-corrected chi connectivity index (χ2v) is 9.13. The lowest BCUT2D eigenvalue weighted by Gasteiger charge is -2.21. The van der Waals surface area contributed by atoms with Gasteiger partial charge in [0.1, 0.15) is 6.04 Å². The average Bonchev–Trinajstić information content (AvgIpc) is 2.83. The number of benzene rings is 3. The molecule has 2 N–H and O–H groups in total. The summed E-state index contributed by atoms with van der Waals surface area (Å²) in [5, 5.41) is 2.22. The molecule has 0 bridgehead atoms. The molecule has 3 aromatic rings. The summed E-state index contributed by atoms with van der Waals surface area (Å²) in [6, 6.07) is 15.4. The Morgan fingerprint density at radius 1 is 0.914 bits per heavy atom. The molecular formula is C24H23F3N2O5S. The third kappa shape index (κ3) is 6.52. The normalized spacial score (nSPS) is 12.6. The molecule has 0 aliphatic rings. The van der Waals surface area contributed by atoms with E-state index >= 15 is 0 Å². The molecule has 0 fully saturated rings. The van der Waals surface area contributed by atoms with Crippen molar-refractivity contribution in [3.8, 4) is 11.5 Å². The molecule has 1 amide bonds. The van der Waals surface area contributed by atoms with Crippen molar-refractivity contribution >= 4 is 21.6 Å². The number of carbonyl (C=O) groups is 1. The largest absolute Gasteiger partial charge is 0.493 e. The number of amides is 1. The maximum atomic E-state index is 13.4. The Kier molecular flexibility index (Phi) is 8.03. The summed E-state index contributed by atoms with van der Waals surface area (Å²) in [6.45, 7) is 0. The Labute approximate surface area is 200 Å². The Hall–Kier alpha value is -3.57. The van der Waals surface area contributed by atoms with E-state index in [0.717, 1.165) is 12.1 Å². The monoisotopic (exact) mass is 508 g/mol. The molecule has 0 saturated carbocycles. The van der Waals surface area contributed by atoms with Crippen LogP contribution in [0, 0.1) is 0 Å². The van der Waals surface area contributed by atoms with E-state index in [0.29, 0.717) is 11.3 Å². The van der Waals surface area contributed by atoms with Crippen LogP contribution in [0.1, 0.15) is 11.1 Å². The first-order valence-corrected chi connectivity index (χ1v) is 11.8. The van der Waals surface area contributed by atoms with Gasteiger partial charge in [-0.05, 0) is 36.2 Å². The van der Waals surface area contributed by atoms with Crippen LogP contribution in [-0.2, 0) is 27.4 Å². The van der Waals surface area contributed by atoms with E-state index in [4.69, 9.17) is 9.47 Å². The van der Waals surface area contributed by atoms with Gasteiger partial charge in [-0.15, -0.1) is 0 Å². The fourth-order valence-corrected chi connectivity index (χ4v) is 4.55. The summed E-state index contributed by atoms with van der Waals surface area (Å²) in [7, 11) is -1.55.